The summed E-state index contributed by atoms with van der Waals surface area (Å²) in [5.74, 6) is -0.183. The molecule has 0 bridgehead atoms. The van der Waals surface area contributed by atoms with Crippen molar-refractivity contribution in [2.75, 3.05) is 20.6 Å². The van der Waals surface area contributed by atoms with Crippen LogP contribution in [-0.2, 0) is 7.05 Å². The van der Waals surface area contributed by atoms with Crippen molar-refractivity contribution >= 4 is 17.5 Å². The van der Waals surface area contributed by atoms with Crippen molar-refractivity contribution in [2.45, 2.75) is 6.04 Å². The van der Waals surface area contributed by atoms with Gasteiger partial charge < -0.3 is 14.8 Å². The molecule has 1 aromatic carbocycles. The Bertz CT molecular complexity index is 606. The smallest absolute Gasteiger partial charge is 0.271 e. The van der Waals surface area contributed by atoms with E-state index in [1.54, 1.807) is 17.1 Å². The molecule has 0 aliphatic rings. The third-order valence-electron chi connectivity index (χ3n) is 3.06. The molecule has 0 fully saturated rings. The highest BCUT2D eigenvalue weighted by atomic mass is 35.5. The number of imidazole rings is 1. The molecule has 6 heteroatoms. The zero-order chi connectivity index (χ0) is 15.4. The fourth-order valence-corrected chi connectivity index (χ4v) is 2.18. The number of nitrogens with one attached hydrogen (secondary N) is 1. The molecule has 0 saturated heterocycles. The number of rotatable bonds is 5. The first-order chi connectivity index (χ1) is 9.95. The van der Waals surface area contributed by atoms with E-state index < -0.39 is 0 Å². The third kappa shape index (κ3) is 4.31. The normalized spacial score (nSPS) is 12.4. The molecule has 1 heterocycles. The predicted molar refractivity (Wildman–Crippen MR) is 83.4 cm³/mol. The lowest BCUT2D eigenvalue weighted by atomic mass is 10.1. The van der Waals surface area contributed by atoms with Crippen LogP contribution in [0.5, 0.6) is 0 Å². The van der Waals surface area contributed by atoms with Crippen LogP contribution in [0.4, 0.5) is 0 Å². The van der Waals surface area contributed by atoms with E-state index in [0.29, 0.717) is 17.3 Å². The van der Waals surface area contributed by atoms with Crippen LogP contribution in [0, 0.1) is 0 Å². The Kier molecular flexibility index (Phi) is 4.98. The maximum absolute atomic E-state index is 12.3. The van der Waals surface area contributed by atoms with Crippen LogP contribution in [0.15, 0.2) is 36.8 Å². The van der Waals surface area contributed by atoms with Crippen molar-refractivity contribution in [3.8, 4) is 0 Å². The molecule has 0 spiro atoms. The van der Waals surface area contributed by atoms with E-state index in [1.165, 1.54) is 0 Å². The monoisotopic (exact) mass is 306 g/mol. The average Bonchev–Trinajstić information content (AvgIpc) is 2.85. The molecule has 1 atom stereocenters. The van der Waals surface area contributed by atoms with Gasteiger partial charge in [-0.25, -0.2) is 4.98 Å². The summed E-state index contributed by atoms with van der Waals surface area (Å²) >= 11 is 5.92. The number of halogens is 1. The fraction of sp³-hybridized carbons (Fsp3) is 0.333. The minimum absolute atomic E-state index is 0.119. The van der Waals surface area contributed by atoms with Gasteiger partial charge in [0.05, 0.1) is 12.4 Å². The summed E-state index contributed by atoms with van der Waals surface area (Å²) in [6.07, 6.45) is 3.31. The van der Waals surface area contributed by atoms with E-state index >= 15 is 0 Å². The van der Waals surface area contributed by atoms with Gasteiger partial charge in [-0.1, -0.05) is 23.7 Å². The number of aryl methyl sites for hydroxylation is 1. The molecule has 1 aromatic heterocycles. The number of carbonyl (C=O) groups is 1. The molecule has 112 valence electrons. The van der Waals surface area contributed by atoms with Crippen LogP contribution in [0.1, 0.15) is 22.1 Å². The lowest BCUT2D eigenvalue weighted by Gasteiger charge is -2.22. The number of likely N-dealkylation sites (N-methyl/N-ethyl adjacent to an activating group) is 1. The predicted octanol–water partition coefficient (Wildman–Crippen LogP) is 2.11. The van der Waals surface area contributed by atoms with Gasteiger partial charge in [0.25, 0.3) is 5.91 Å². The number of carbonyl (C=O) groups excluding carboxylic acids is 1. The van der Waals surface area contributed by atoms with E-state index in [2.05, 4.69) is 10.3 Å². The van der Waals surface area contributed by atoms with Crippen LogP contribution < -0.4 is 5.32 Å². The largest absolute Gasteiger partial charge is 0.343 e. The van der Waals surface area contributed by atoms with Crippen LogP contribution >= 0.6 is 11.6 Å². The fourth-order valence-electron chi connectivity index (χ4n) is 2.06. The summed E-state index contributed by atoms with van der Waals surface area (Å²) in [6, 6.07) is 7.38. The summed E-state index contributed by atoms with van der Waals surface area (Å²) in [7, 11) is 5.77. The zero-order valence-electron chi connectivity index (χ0n) is 12.4. The number of benzene rings is 1. The Morgan fingerprint density at radius 1 is 1.38 bits per heavy atom. The first-order valence-corrected chi connectivity index (χ1v) is 7.02. The van der Waals surface area contributed by atoms with Crippen LogP contribution in [-0.4, -0.2) is 41.0 Å². The Morgan fingerprint density at radius 2 is 2.05 bits per heavy atom. The van der Waals surface area contributed by atoms with Gasteiger partial charge >= 0.3 is 0 Å². The molecule has 1 N–H and O–H groups in total. The van der Waals surface area contributed by atoms with Gasteiger partial charge in [0.2, 0.25) is 0 Å². The highest BCUT2D eigenvalue weighted by Crippen LogP contribution is 2.17. The molecule has 0 radical (unpaired) electrons. The van der Waals surface area contributed by atoms with Crippen LogP contribution in [0.25, 0.3) is 0 Å². The molecule has 2 aromatic rings. The molecule has 1 amide bonds. The number of nitrogens with zero attached hydrogens (tertiary/aromatic N) is 3. The minimum Gasteiger partial charge on any atom is -0.343 e. The van der Waals surface area contributed by atoms with Crippen molar-refractivity contribution in [1.82, 2.24) is 19.8 Å². The second-order valence-corrected chi connectivity index (χ2v) is 5.70. The van der Waals surface area contributed by atoms with Gasteiger partial charge in [0, 0.05) is 24.8 Å². The van der Waals surface area contributed by atoms with Crippen LogP contribution in [0.2, 0.25) is 5.02 Å². The standard InChI is InChI=1S/C15H19ClN4O/c1-19(2)8-13(11-4-6-12(16)7-5-11)18-15(21)14-9-20(3)10-17-14/h4-7,9-10,13H,8H2,1-3H3,(H,18,21)/t13-/m0/s1. The molecule has 0 aliphatic heterocycles. The van der Waals surface area contributed by atoms with Crippen LogP contribution in [0.3, 0.4) is 0 Å². The van der Waals surface area contributed by atoms with Gasteiger partial charge in [-0.3, -0.25) is 4.79 Å². The quantitative estimate of drug-likeness (QED) is 0.920. The topological polar surface area (TPSA) is 50.2 Å². The minimum atomic E-state index is -0.183. The Hall–Kier alpha value is -1.85. The number of aromatic nitrogens is 2. The molecule has 5 nitrogen and oxygen atoms in total. The lowest BCUT2D eigenvalue weighted by Crippen LogP contribution is -2.35. The van der Waals surface area contributed by atoms with Crippen molar-refractivity contribution < 1.29 is 4.79 Å². The van der Waals surface area contributed by atoms with E-state index in [1.807, 2.05) is 50.3 Å². The zero-order valence-corrected chi connectivity index (χ0v) is 13.1. The van der Waals surface area contributed by atoms with Gasteiger partial charge in [0.15, 0.2) is 0 Å². The molecular weight excluding hydrogens is 288 g/mol. The Balaban J connectivity index is 2.16. The van der Waals surface area contributed by atoms with Crippen molar-refractivity contribution in [1.29, 1.82) is 0 Å². The van der Waals surface area contributed by atoms with E-state index in [9.17, 15) is 4.79 Å². The second-order valence-electron chi connectivity index (χ2n) is 5.26. The number of amides is 1. The van der Waals surface area contributed by atoms with E-state index in [4.69, 9.17) is 11.6 Å². The summed E-state index contributed by atoms with van der Waals surface area (Å²) in [5.41, 5.74) is 1.42. The number of hydrogen-bond acceptors (Lipinski definition) is 3. The van der Waals surface area contributed by atoms with E-state index in [0.717, 1.165) is 5.56 Å². The molecule has 2 rings (SSSR count). The summed E-state index contributed by atoms with van der Waals surface area (Å²) in [6.45, 7) is 0.695. The van der Waals surface area contributed by atoms with Crippen molar-refractivity contribution in [2.24, 2.45) is 7.05 Å². The first-order valence-electron chi connectivity index (χ1n) is 6.64. The highest BCUT2D eigenvalue weighted by Gasteiger charge is 2.18. The Morgan fingerprint density at radius 3 is 2.57 bits per heavy atom. The van der Waals surface area contributed by atoms with Gasteiger partial charge in [-0.15, -0.1) is 0 Å². The summed E-state index contributed by atoms with van der Waals surface area (Å²) in [5, 5.41) is 3.69. The van der Waals surface area contributed by atoms with Gasteiger partial charge in [0.1, 0.15) is 5.69 Å². The third-order valence-corrected chi connectivity index (χ3v) is 3.31. The molecular formula is C15H19ClN4O. The van der Waals surface area contributed by atoms with Crippen molar-refractivity contribution in [3.63, 3.8) is 0 Å². The molecule has 0 aliphatic carbocycles. The highest BCUT2D eigenvalue weighted by molar-refractivity contribution is 6.30. The second kappa shape index (κ2) is 6.74. The SMILES string of the molecule is CN(C)C[C@H](NC(=O)c1cn(C)cn1)c1ccc(Cl)cc1. The first kappa shape index (κ1) is 15.5. The Labute approximate surface area is 129 Å². The van der Waals surface area contributed by atoms with Gasteiger partial charge in [-0.2, -0.15) is 0 Å². The molecule has 21 heavy (non-hydrogen) atoms. The summed E-state index contributed by atoms with van der Waals surface area (Å²) < 4.78 is 1.75. The average molecular weight is 307 g/mol. The maximum Gasteiger partial charge on any atom is 0.271 e. The summed E-state index contributed by atoms with van der Waals surface area (Å²) in [4.78, 5) is 18.4. The lowest BCUT2D eigenvalue weighted by molar-refractivity contribution is 0.0925. The van der Waals surface area contributed by atoms with Gasteiger partial charge in [-0.05, 0) is 31.8 Å². The maximum atomic E-state index is 12.3. The van der Waals surface area contributed by atoms with Crippen molar-refractivity contribution in [3.05, 3.63) is 53.1 Å². The van der Waals surface area contributed by atoms with E-state index in [-0.39, 0.29) is 11.9 Å². The molecule has 0 saturated carbocycles. The molecule has 0 unspecified atom stereocenters. The number of hydrogen-bond donors (Lipinski definition) is 1.